The molecule has 82 valence electrons. The molecule has 1 heterocycles. The van der Waals surface area contributed by atoms with E-state index in [4.69, 9.17) is 5.26 Å². The maximum atomic E-state index is 8.99. The Hall–Kier alpha value is -1.82. The first kappa shape index (κ1) is 10.7. The minimum atomic E-state index is 0.457. The van der Waals surface area contributed by atoms with E-state index < -0.39 is 0 Å². The fourth-order valence-electron chi connectivity index (χ4n) is 2.01. The van der Waals surface area contributed by atoms with Gasteiger partial charge < -0.3 is 4.98 Å². The number of rotatable bonds is 3. The first-order valence-corrected chi connectivity index (χ1v) is 5.68. The zero-order valence-corrected chi connectivity index (χ0v) is 9.62. The molecule has 3 heteroatoms. The van der Waals surface area contributed by atoms with Gasteiger partial charge in [-0.3, -0.25) is 0 Å². The van der Waals surface area contributed by atoms with Crippen LogP contribution in [-0.2, 0) is 0 Å². The summed E-state index contributed by atoms with van der Waals surface area (Å²) < 4.78 is 0. The standard InChI is InChI=1S/C13H15N3/c1-3-9(4-2)13-15-11-7-5-6-10(8-14)12(11)16-13/h5-7,9H,3-4H2,1-2H3,(H,15,16). The molecule has 3 nitrogen and oxygen atoms in total. The van der Waals surface area contributed by atoms with Crippen LogP contribution in [0.4, 0.5) is 0 Å². The van der Waals surface area contributed by atoms with E-state index in [1.54, 1.807) is 6.07 Å². The lowest BCUT2D eigenvalue weighted by atomic mass is 10.0. The van der Waals surface area contributed by atoms with Crippen LogP contribution in [0.25, 0.3) is 11.0 Å². The van der Waals surface area contributed by atoms with Crippen LogP contribution < -0.4 is 0 Å². The van der Waals surface area contributed by atoms with Crippen LogP contribution in [0, 0.1) is 11.3 Å². The maximum absolute atomic E-state index is 8.99. The highest BCUT2D eigenvalue weighted by Crippen LogP contribution is 2.24. The van der Waals surface area contributed by atoms with Crippen molar-refractivity contribution in [1.29, 1.82) is 5.26 Å². The second-order valence-corrected chi connectivity index (χ2v) is 3.95. The summed E-state index contributed by atoms with van der Waals surface area (Å²) >= 11 is 0. The Morgan fingerprint density at radius 1 is 1.38 bits per heavy atom. The number of benzene rings is 1. The second-order valence-electron chi connectivity index (χ2n) is 3.95. The molecule has 0 amide bonds. The molecule has 1 aromatic carbocycles. The topological polar surface area (TPSA) is 52.5 Å². The van der Waals surface area contributed by atoms with Gasteiger partial charge in [0.1, 0.15) is 17.4 Å². The normalized spacial score (nSPS) is 10.9. The quantitative estimate of drug-likeness (QED) is 0.850. The summed E-state index contributed by atoms with van der Waals surface area (Å²) in [5, 5.41) is 8.99. The summed E-state index contributed by atoms with van der Waals surface area (Å²) in [7, 11) is 0. The maximum Gasteiger partial charge on any atom is 0.110 e. The number of para-hydroxylation sites is 1. The van der Waals surface area contributed by atoms with Gasteiger partial charge in [0, 0.05) is 5.92 Å². The van der Waals surface area contributed by atoms with Crippen molar-refractivity contribution < 1.29 is 0 Å². The molecule has 1 aromatic heterocycles. The molecule has 0 aliphatic rings. The van der Waals surface area contributed by atoms with Gasteiger partial charge in [-0.15, -0.1) is 0 Å². The molecule has 0 aliphatic carbocycles. The van der Waals surface area contributed by atoms with Crippen LogP contribution in [0.2, 0.25) is 0 Å². The fraction of sp³-hybridized carbons (Fsp3) is 0.385. The molecule has 0 unspecified atom stereocenters. The second kappa shape index (κ2) is 4.36. The smallest absolute Gasteiger partial charge is 0.110 e. The largest absolute Gasteiger partial charge is 0.342 e. The number of aromatic amines is 1. The SMILES string of the molecule is CCC(CC)c1nc2c(C#N)cccc2[nH]1. The predicted octanol–water partition coefficient (Wildman–Crippen LogP) is 3.34. The summed E-state index contributed by atoms with van der Waals surface area (Å²) in [4.78, 5) is 7.86. The zero-order valence-electron chi connectivity index (χ0n) is 9.62. The van der Waals surface area contributed by atoms with Crippen molar-refractivity contribution in [2.45, 2.75) is 32.6 Å². The van der Waals surface area contributed by atoms with Gasteiger partial charge in [-0.2, -0.15) is 5.26 Å². The van der Waals surface area contributed by atoms with E-state index in [2.05, 4.69) is 29.9 Å². The van der Waals surface area contributed by atoms with E-state index in [9.17, 15) is 0 Å². The van der Waals surface area contributed by atoms with Gasteiger partial charge in [0.05, 0.1) is 11.1 Å². The highest BCUT2D eigenvalue weighted by molar-refractivity contribution is 5.81. The third-order valence-electron chi connectivity index (χ3n) is 3.02. The summed E-state index contributed by atoms with van der Waals surface area (Å²) in [5.74, 6) is 1.46. The number of nitrogens with zero attached hydrogens (tertiary/aromatic N) is 2. The Balaban J connectivity index is 2.56. The van der Waals surface area contributed by atoms with E-state index in [-0.39, 0.29) is 0 Å². The average Bonchev–Trinajstić information content (AvgIpc) is 2.73. The average molecular weight is 213 g/mol. The lowest BCUT2D eigenvalue weighted by Gasteiger charge is -2.07. The summed E-state index contributed by atoms with van der Waals surface area (Å²) in [6, 6.07) is 7.83. The minimum Gasteiger partial charge on any atom is -0.342 e. The number of hydrogen-bond acceptors (Lipinski definition) is 2. The van der Waals surface area contributed by atoms with Crippen LogP contribution in [0.15, 0.2) is 18.2 Å². The predicted molar refractivity (Wildman–Crippen MR) is 64.1 cm³/mol. The van der Waals surface area contributed by atoms with E-state index in [0.29, 0.717) is 11.5 Å². The van der Waals surface area contributed by atoms with Crippen molar-refractivity contribution in [1.82, 2.24) is 9.97 Å². The number of hydrogen-bond donors (Lipinski definition) is 1. The fourth-order valence-corrected chi connectivity index (χ4v) is 2.01. The molecule has 16 heavy (non-hydrogen) atoms. The molecule has 0 radical (unpaired) electrons. The van der Waals surface area contributed by atoms with Crippen molar-refractivity contribution in [3.8, 4) is 6.07 Å². The van der Waals surface area contributed by atoms with E-state index >= 15 is 0 Å². The molecular formula is C13H15N3. The first-order chi connectivity index (χ1) is 7.80. The number of nitriles is 1. The van der Waals surface area contributed by atoms with E-state index in [0.717, 1.165) is 29.7 Å². The van der Waals surface area contributed by atoms with E-state index in [1.807, 2.05) is 12.1 Å². The Kier molecular flexibility index (Phi) is 2.91. The Morgan fingerprint density at radius 3 is 2.75 bits per heavy atom. The van der Waals surface area contributed by atoms with Crippen LogP contribution >= 0.6 is 0 Å². The Bertz CT molecular complexity index is 530. The number of aromatic nitrogens is 2. The highest BCUT2D eigenvalue weighted by Gasteiger charge is 2.13. The van der Waals surface area contributed by atoms with Gasteiger partial charge in [0.15, 0.2) is 0 Å². The molecule has 0 atom stereocenters. The van der Waals surface area contributed by atoms with Crippen LogP contribution in [-0.4, -0.2) is 9.97 Å². The molecule has 0 saturated carbocycles. The molecule has 0 aliphatic heterocycles. The molecule has 2 aromatic rings. The van der Waals surface area contributed by atoms with Gasteiger partial charge in [-0.1, -0.05) is 19.9 Å². The van der Waals surface area contributed by atoms with Gasteiger partial charge in [-0.25, -0.2) is 4.98 Å². The molecular weight excluding hydrogens is 198 g/mol. The molecule has 0 saturated heterocycles. The van der Waals surface area contributed by atoms with Crippen molar-refractivity contribution in [2.24, 2.45) is 0 Å². The highest BCUT2D eigenvalue weighted by atomic mass is 14.9. The van der Waals surface area contributed by atoms with Gasteiger partial charge in [0.25, 0.3) is 0 Å². The molecule has 2 rings (SSSR count). The van der Waals surface area contributed by atoms with Crippen LogP contribution in [0.5, 0.6) is 0 Å². The Morgan fingerprint density at radius 2 is 2.12 bits per heavy atom. The summed E-state index contributed by atoms with van der Waals surface area (Å²) in [6.07, 6.45) is 2.14. The molecule has 0 spiro atoms. The van der Waals surface area contributed by atoms with Crippen LogP contribution in [0.1, 0.15) is 44.0 Å². The third-order valence-corrected chi connectivity index (χ3v) is 3.02. The summed E-state index contributed by atoms with van der Waals surface area (Å²) in [6.45, 7) is 4.32. The Labute approximate surface area is 95.1 Å². The minimum absolute atomic E-state index is 0.457. The third kappa shape index (κ3) is 1.67. The van der Waals surface area contributed by atoms with Crippen molar-refractivity contribution in [3.63, 3.8) is 0 Å². The van der Waals surface area contributed by atoms with Crippen molar-refractivity contribution in [2.75, 3.05) is 0 Å². The molecule has 1 N–H and O–H groups in total. The van der Waals surface area contributed by atoms with Crippen LogP contribution in [0.3, 0.4) is 0 Å². The van der Waals surface area contributed by atoms with Crippen molar-refractivity contribution >= 4 is 11.0 Å². The number of fused-ring (bicyclic) bond motifs is 1. The molecule has 0 fully saturated rings. The first-order valence-electron chi connectivity index (χ1n) is 5.68. The van der Waals surface area contributed by atoms with Crippen molar-refractivity contribution in [3.05, 3.63) is 29.6 Å². The zero-order chi connectivity index (χ0) is 11.5. The number of H-pyrrole nitrogens is 1. The van der Waals surface area contributed by atoms with Gasteiger partial charge in [0.2, 0.25) is 0 Å². The summed E-state index contributed by atoms with van der Waals surface area (Å²) in [5.41, 5.74) is 2.40. The molecule has 0 bridgehead atoms. The lowest BCUT2D eigenvalue weighted by Crippen LogP contribution is -1.97. The monoisotopic (exact) mass is 213 g/mol. The van der Waals surface area contributed by atoms with E-state index in [1.165, 1.54) is 0 Å². The number of imidazole rings is 1. The lowest BCUT2D eigenvalue weighted by molar-refractivity contribution is 0.611. The van der Waals surface area contributed by atoms with Gasteiger partial charge in [-0.05, 0) is 25.0 Å². The number of nitrogens with one attached hydrogen (secondary N) is 1. The van der Waals surface area contributed by atoms with Gasteiger partial charge >= 0.3 is 0 Å².